The highest BCUT2D eigenvalue weighted by molar-refractivity contribution is 5.95. The molecule has 2 heterocycles. The summed E-state index contributed by atoms with van der Waals surface area (Å²) < 4.78 is 11.8. The molecule has 0 saturated carbocycles. The number of anilines is 2. The van der Waals surface area contributed by atoms with Crippen LogP contribution in [-0.2, 0) is 26.2 Å². The summed E-state index contributed by atoms with van der Waals surface area (Å²) >= 11 is 0. The van der Waals surface area contributed by atoms with Crippen molar-refractivity contribution in [3.05, 3.63) is 36.0 Å². The molecule has 1 fully saturated rings. The van der Waals surface area contributed by atoms with Gasteiger partial charge in [0.2, 0.25) is 5.91 Å². The smallest absolute Gasteiger partial charge is 0.344 e. The van der Waals surface area contributed by atoms with E-state index in [9.17, 15) is 14.4 Å². The summed E-state index contributed by atoms with van der Waals surface area (Å²) in [5, 5.41) is 6.72. The van der Waals surface area contributed by atoms with Gasteiger partial charge in [-0.15, -0.1) is 0 Å². The van der Waals surface area contributed by atoms with Crippen molar-refractivity contribution in [1.82, 2.24) is 9.78 Å². The first-order chi connectivity index (χ1) is 13.4. The molecule has 0 aliphatic carbocycles. The van der Waals surface area contributed by atoms with Crippen LogP contribution in [0.25, 0.3) is 0 Å². The normalized spacial score (nSPS) is 13.5. The predicted octanol–water partition coefficient (Wildman–Crippen LogP) is 1.42. The molecule has 0 bridgehead atoms. The molecule has 1 aromatic carbocycles. The molecule has 3 rings (SSSR count). The monoisotopic (exact) mass is 386 g/mol. The fourth-order valence-corrected chi connectivity index (χ4v) is 2.88. The Bertz CT molecular complexity index is 875. The number of amides is 2. The van der Waals surface area contributed by atoms with Crippen LogP contribution in [0.15, 0.2) is 30.3 Å². The molecule has 2 amide bonds. The molecule has 1 saturated heterocycles. The second kappa shape index (κ2) is 8.55. The minimum atomic E-state index is -0.657. The van der Waals surface area contributed by atoms with E-state index in [2.05, 4.69) is 10.4 Å². The summed E-state index contributed by atoms with van der Waals surface area (Å²) in [5.74, 6) is -0.0172. The summed E-state index contributed by atoms with van der Waals surface area (Å²) in [6.07, 6.45) is 1.43. The first-order valence-corrected chi connectivity index (χ1v) is 8.92. The van der Waals surface area contributed by atoms with Gasteiger partial charge in [0, 0.05) is 31.8 Å². The number of aryl methyl sites for hydroxylation is 2. The van der Waals surface area contributed by atoms with Gasteiger partial charge in [-0.1, -0.05) is 0 Å². The standard InChI is InChI=1S/C19H22N4O5/c1-13-10-16(22(2)21-13)20-17(24)11-28-19(26)12-27-15-7-5-14(6-8-15)23-9-3-4-18(23)25/h5-8,10H,3-4,9,11-12H2,1-2H3,(H,20,24). The van der Waals surface area contributed by atoms with Crippen molar-refractivity contribution < 1.29 is 23.9 Å². The van der Waals surface area contributed by atoms with E-state index < -0.39 is 18.5 Å². The maximum atomic E-state index is 11.8. The third-order valence-electron chi connectivity index (χ3n) is 4.21. The Balaban J connectivity index is 1.41. The van der Waals surface area contributed by atoms with Gasteiger partial charge in [0.05, 0.1) is 5.69 Å². The van der Waals surface area contributed by atoms with E-state index in [0.717, 1.165) is 17.8 Å². The van der Waals surface area contributed by atoms with Gasteiger partial charge < -0.3 is 19.7 Å². The highest BCUT2D eigenvalue weighted by Crippen LogP contribution is 2.23. The van der Waals surface area contributed by atoms with Crippen LogP contribution in [0.2, 0.25) is 0 Å². The van der Waals surface area contributed by atoms with Crippen molar-refractivity contribution in [2.75, 3.05) is 30.0 Å². The quantitative estimate of drug-likeness (QED) is 0.722. The van der Waals surface area contributed by atoms with Crippen molar-refractivity contribution in [3.8, 4) is 5.75 Å². The Labute approximate surface area is 162 Å². The number of benzene rings is 1. The molecule has 9 heteroatoms. The zero-order valence-electron chi connectivity index (χ0n) is 15.8. The van der Waals surface area contributed by atoms with E-state index in [4.69, 9.17) is 9.47 Å². The van der Waals surface area contributed by atoms with E-state index in [-0.39, 0.29) is 12.5 Å². The molecule has 2 aromatic rings. The molecule has 0 atom stereocenters. The zero-order valence-corrected chi connectivity index (χ0v) is 15.8. The van der Waals surface area contributed by atoms with Crippen LogP contribution in [0.3, 0.4) is 0 Å². The number of esters is 1. The molecule has 148 valence electrons. The molecule has 1 aliphatic rings. The Morgan fingerprint density at radius 2 is 1.96 bits per heavy atom. The Morgan fingerprint density at radius 3 is 2.57 bits per heavy atom. The van der Waals surface area contributed by atoms with E-state index >= 15 is 0 Å². The van der Waals surface area contributed by atoms with E-state index in [1.54, 1.807) is 42.3 Å². The minimum absolute atomic E-state index is 0.108. The van der Waals surface area contributed by atoms with Crippen molar-refractivity contribution >= 4 is 29.3 Å². The first kappa shape index (κ1) is 19.4. The van der Waals surface area contributed by atoms with Gasteiger partial charge in [-0.05, 0) is 37.6 Å². The van der Waals surface area contributed by atoms with E-state index in [0.29, 0.717) is 24.5 Å². The van der Waals surface area contributed by atoms with Gasteiger partial charge >= 0.3 is 5.97 Å². The maximum Gasteiger partial charge on any atom is 0.344 e. The van der Waals surface area contributed by atoms with Gasteiger partial charge in [0.25, 0.3) is 5.91 Å². The Hall–Kier alpha value is -3.36. The van der Waals surface area contributed by atoms with Gasteiger partial charge in [0.1, 0.15) is 11.6 Å². The average Bonchev–Trinajstić information content (AvgIpc) is 3.23. The number of nitrogens with one attached hydrogen (secondary N) is 1. The summed E-state index contributed by atoms with van der Waals surface area (Å²) in [6, 6.07) is 8.62. The van der Waals surface area contributed by atoms with E-state index in [1.807, 2.05) is 6.92 Å². The molecule has 0 radical (unpaired) electrons. The molecular weight excluding hydrogens is 364 g/mol. The molecule has 0 unspecified atom stereocenters. The van der Waals surface area contributed by atoms with Crippen molar-refractivity contribution in [1.29, 1.82) is 0 Å². The lowest BCUT2D eigenvalue weighted by molar-refractivity contribution is -0.149. The summed E-state index contributed by atoms with van der Waals surface area (Å²) in [4.78, 5) is 37.1. The average molecular weight is 386 g/mol. The van der Waals surface area contributed by atoms with Gasteiger partial charge in [0.15, 0.2) is 13.2 Å². The predicted molar refractivity (Wildman–Crippen MR) is 101 cm³/mol. The largest absolute Gasteiger partial charge is 0.482 e. The first-order valence-electron chi connectivity index (χ1n) is 8.92. The molecular formula is C19H22N4O5. The number of nitrogens with zero attached hydrogens (tertiary/aromatic N) is 3. The zero-order chi connectivity index (χ0) is 20.1. The SMILES string of the molecule is Cc1cc(NC(=O)COC(=O)COc2ccc(N3CCCC3=O)cc2)n(C)n1. The lowest BCUT2D eigenvalue weighted by Gasteiger charge is -2.16. The number of carbonyl (C=O) groups is 3. The number of hydrogen-bond donors (Lipinski definition) is 1. The summed E-state index contributed by atoms with van der Waals surface area (Å²) in [7, 11) is 1.70. The summed E-state index contributed by atoms with van der Waals surface area (Å²) in [5.41, 5.74) is 1.57. The van der Waals surface area contributed by atoms with Crippen LogP contribution in [0.1, 0.15) is 18.5 Å². The van der Waals surface area contributed by atoms with Crippen LogP contribution in [0, 0.1) is 6.92 Å². The van der Waals surface area contributed by atoms with Gasteiger partial charge in [-0.2, -0.15) is 5.10 Å². The van der Waals surface area contributed by atoms with Gasteiger partial charge in [-0.3, -0.25) is 14.3 Å². The molecule has 9 nitrogen and oxygen atoms in total. The number of ether oxygens (including phenoxy) is 2. The third-order valence-corrected chi connectivity index (χ3v) is 4.21. The molecule has 1 aliphatic heterocycles. The highest BCUT2D eigenvalue weighted by atomic mass is 16.6. The lowest BCUT2D eigenvalue weighted by atomic mass is 10.3. The van der Waals surface area contributed by atoms with Crippen LogP contribution in [0.4, 0.5) is 11.5 Å². The van der Waals surface area contributed by atoms with Crippen molar-refractivity contribution in [2.24, 2.45) is 7.05 Å². The molecule has 0 spiro atoms. The maximum absolute atomic E-state index is 11.8. The number of rotatable bonds is 7. The second-order valence-corrected chi connectivity index (χ2v) is 6.43. The second-order valence-electron chi connectivity index (χ2n) is 6.43. The molecule has 1 aromatic heterocycles. The number of carbonyl (C=O) groups excluding carboxylic acids is 3. The van der Waals surface area contributed by atoms with Crippen LogP contribution in [0.5, 0.6) is 5.75 Å². The van der Waals surface area contributed by atoms with Crippen LogP contribution in [-0.4, -0.2) is 47.3 Å². The third kappa shape index (κ3) is 4.87. The van der Waals surface area contributed by atoms with Gasteiger partial charge in [-0.25, -0.2) is 4.79 Å². The van der Waals surface area contributed by atoms with Crippen molar-refractivity contribution in [2.45, 2.75) is 19.8 Å². The van der Waals surface area contributed by atoms with Crippen LogP contribution < -0.4 is 15.0 Å². The minimum Gasteiger partial charge on any atom is -0.482 e. The number of aromatic nitrogens is 2. The Morgan fingerprint density at radius 1 is 1.21 bits per heavy atom. The topological polar surface area (TPSA) is 103 Å². The van der Waals surface area contributed by atoms with E-state index in [1.165, 1.54) is 4.68 Å². The lowest BCUT2D eigenvalue weighted by Crippen LogP contribution is -2.24. The molecule has 1 N–H and O–H groups in total. The van der Waals surface area contributed by atoms with Crippen LogP contribution >= 0.6 is 0 Å². The Kier molecular flexibility index (Phi) is 5.93. The van der Waals surface area contributed by atoms with Crippen molar-refractivity contribution in [3.63, 3.8) is 0 Å². The number of hydrogen-bond acceptors (Lipinski definition) is 6. The fraction of sp³-hybridized carbons (Fsp3) is 0.368. The summed E-state index contributed by atoms with van der Waals surface area (Å²) in [6.45, 7) is 1.79. The fourth-order valence-electron chi connectivity index (χ4n) is 2.88. The molecule has 28 heavy (non-hydrogen) atoms. The highest BCUT2D eigenvalue weighted by Gasteiger charge is 2.21.